The number of anilines is 1. The van der Waals surface area contributed by atoms with Crippen LogP contribution in [0.15, 0.2) is 42.9 Å². The Hall–Kier alpha value is -2.69. The fourth-order valence-electron chi connectivity index (χ4n) is 4.06. The molecule has 2 aliphatic carbocycles. The molecule has 0 radical (unpaired) electrons. The van der Waals surface area contributed by atoms with Gasteiger partial charge in [-0.25, -0.2) is 9.50 Å². The van der Waals surface area contributed by atoms with Crippen molar-refractivity contribution < 1.29 is 4.79 Å². The summed E-state index contributed by atoms with van der Waals surface area (Å²) in [5.74, 6) is 2.07. The van der Waals surface area contributed by atoms with Gasteiger partial charge in [0.25, 0.3) is 0 Å². The van der Waals surface area contributed by atoms with Crippen LogP contribution in [0.1, 0.15) is 31.2 Å². The minimum atomic E-state index is 0.170. The third-order valence-corrected chi connectivity index (χ3v) is 5.92. The van der Waals surface area contributed by atoms with Gasteiger partial charge in [-0.1, -0.05) is 6.07 Å². The van der Waals surface area contributed by atoms with Gasteiger partial charge in [-0.2, -0.15) is 5.10 Å². The van der Waals surface area contributed by atoms with Crippen LogP contribution in [0.2, 0.25) is 0 Å². The third kappa shape index (κ3) is 2.77. The summed E-state index contributed by atoms with van der Waals surface area (Å²) in [5, 5.41) is 7.33. The molecule has 0 saturated heterocycles. The second kappa shape index (κ2) is 5.94. The average Bonchev–Trinajstić information content (AvgIpc) is 3.30. The summed E-state index contributed by atoms with van der Waals surface area (Å²) in [5.41, 5.74) is 5.02. The van der Waals surface area contributed by atoms with Crippen molar-refractivity contribution in [2.75, 3.05) is 5.32 Å². The van der Waals surface area contributed by atoms with Crippen LogP contribution >= 0.6 is 0 Å². The number of rotatable bonds is 4. The molecule has 2 saturated carbocycles. The Morgan fingerprint density at radius 2 is 2.00 bits per heavy atom. The van der Waals surface area contributed by atoms with Crippen molar-refractivity contribution in [1.29, 1.82) is 0 Å². The molecule has 0 aliphatic heterocycles. The van der Waals surface area contributed by atoms with E-state index in [1.165, 1.54) is 18.4 Å². The van der Waals surface area contributed by atoms with E-state index in [9.17, 15) is 4.79 Å². The zero-order valence-corrected chi connectivity index (χ0v) is 14.9. The van der Waals surface area contributed by atoms with Crippen molar-refractivity contribution in [3.05, 3.63) is 48.4 Å². The number of amides is 1. The monoisotopic (exact) mass is 346 g/mol. The molecule has 2 fully saturated rings. The van der Waals surface area contributed by atoms with Gasteiger partial charge >= 0.3 is 0 Å². The van der Waals surface area contributed by atoms with Crippen molar-refractivity contribution >= 4 is 17.2 Å². The van der Waals surface area contributed by atoms with E-state index in [1.54, 1.807) is 10.8 Å². The summed E-state index contributed by atoms with van der Waals surface area (Å²) >= 11 is 0. The molecule has 1 N–H and O–H groups in total. The number of aromatic nitrogens is 3. The van der Waals surface area contributed by atoms with E-state index in [-0.39, 0.29) is 11.8 Å². The Balaban J connectivity index is 1.35. The Labute approximate surface area is 152 Å². The highest BCUT2D eigenvalue weighted by Crippen LogP contribution is 2.49. The highest BCUT2D eigenvalue weighted by Gasteiger charge is 2.42. The molecule has 5 heteroatoms. The predicted octanol–water partition coefficient (Wildman–Crippen LogP) is 4.08. The van der Waals surface area contributed by atoms with Crippen LogP contribution in [0.3, 0.4) is 0 Å². The molecule has 2 aromatic heterocycles. The Bertz CT molecular complexity index is 983. The second-order valence-corrected chi connectivity index (χ2v) is 7.77. The first-order valence-corrected chi connectivity index (χ1v) is 9.38. The molecule has 0 spiro atoms. The smallest absolute Gasteiger partial charge is 0.227 e. The van der Waals surface area contributed by atoms with Gasteiger partial charge in [0.05, 0.1) is 0 Å². The zero-order valence-electron chi connectivity index (χ0n) is 14.9. The van der Waals surface area contributed by atoms with Gasteiger partial charge in [0, 0.05) is 23.4 Å². The standard InChI is InChI=1S/C21H22N4O/c1-13-2-6-18(24-21(26)17-8-16(9-17)14-3-4-14)10-19(13)15-5-7-20-22-12-23-25(20)11-15/h2,5-7,10-12,14,16-17H,3-4,8-9H2,1H3,(H,24,26). The zero-order chi connectivity index (χ0) is 17.7. The maximum atomic E-state index is 12.5. The fourth-order valence-corrected chi connectivity index (χ4v) is 4.06. The molecule has 0 atom stereocenters. The number of pyridine rings is 1. The van der Waals surface area contributed by atoms with E-state index in [0.717, 1.165) is 47.1 Å². The lowest BCUT2D eigenvalue weighted by Crippen LogP contribution is -2.35. The van der Waals surface area contributed by atoms with Gasteiger partial charge in [-0.3, -0.25) is 4.79 Å². The van der Waals surface area contributed by atoms with Crippen LogP contribution in [0.5, 0.6) is 0 Å². The summed E-state index contributed by atoms with van der Waals surface area (Å²) < 4.78 is 1.77. The first-order valence-electron chi connectivity index (χ1n) is 9.38. The van der Waals surface area contributed by atoms with Gasteiger partial charge in [0.1, 0.15) is 6.33 Å². The first kappa shape index (κ1) is 15.6. The summed E-state index contributed by atoms with van der Waals surface area (Å²) in [7, 11) is 0. The SMILES string of the molecule is Cc1ccc(NC(=O)C2CC(C3CC3)C2)cc1-c1ccc2ncnn2c1. The molecular weight excluding hydrogens is 324 g/mol. The van der Waals surface area contributed by atoms with Gasteiger partial charge in [-0.15, -0.1) is 0 Å². The van der Waals surface area contributed by atoms with Crippen molar-refractivity contribution in [2.24, 2.45) is 17.8 Å². The number of nitrogens with zero attached hydrogens (tertiary/aromatic N) is 3. The van der Waals surface area contributed by atoms with Crippen molar-refractivity contribution in [2.45, 2.75) is 32.6 Å². The van der Waals surface area contributed by atoms with Gasteiger partial charge in [0.15, 0.2) is 5.65 Å². The van der Waals surface area contributed by atoms with E-state index >= 15 is 0 Å². The van der Waals surface area contributed by atoms with Crippen LogP contribution in [-0.4, -0.2) is 20.5 Å². The molecule has 2 heterocycles. The topological polar surface area (TPSA) is 59.3 Å². The quantitative estimate of drug-likeness (QED) is 0.774. The van der Waals surface area contributed by atoms with Crippen molar-refractivity contribution in [3.63, 3.8) is 0 Å². The first-order chi connectivity index (χ1) is 12.7. The molecule has 2 aliphatic rings. The molecule has 5 nitrogen and oxygen atoms in total. The number of hydrogen-bond donors (Lipinski definition) is 1. The van der Waals surface area contributed by atoms with Crippen molar-refractivity contribution in [3.8, 4) is 11.1 Å². The van der Waals surface area contributed by atoms with Crippen LogP contribution in [0.4, 0.5) is 5.69 Å². The van der Waals surface area contributed by atoms with Crippen LogP contribution in [0.25, 0.3) is 16.8 Å². The fraction of sp³-hybridized carbons (Fsp3) is 0.381. The molecule has 132 valence electrons. The molecule has 0 bridgehead atoms. The molecule has 1 amide bonds. The number of hydrogen-bond acceptors (Lipinski definition) is 3. The van der Waals surface area contributed by atoms with E-state index in [4.69, 9.17) is 0 Å². The molecule has 3 aromatic rings. The summed E-state index contributed by atoms with van der Waals surface area (Å²) in [6.07, 6.45) is 8.40. The molecule has 0 unspecified atom stereocenters. The summed E-state index contributed by atoms with van der Waals surface area (Å²) in [4.78, 5) is 16.7. The number of carbonyl (C=O) groups is 1. The van der Waals surface area contributed by atoms with Crippen molar-refractivity contribution in [1.82, 2.24) is 14.6 Å². The highest BCUT2D eigenvalue weighted by molar-refractivity contribution is 5.94. The number of carbonyl (C=O) groups excluding carboxylic acids is 1. The lowest BCUT2D eigenvalue weighted by molar-refractivity contribution is -0.124. The second-order valence-electron chi connectivity index (χ2n) is 7.77. The third-order valence-electron chi connectivity index (χ3n) is 5.92. The summed E-state index contributed by atoms with van der Waals surface area (Å²) in [6, 6.07) is 10.1. The van der Waals surface area contributed by atoms with Crippen LogP contribution in [0, 0.1) is 24.7 Å². The lowest BCUT2D eigenvalue weighted by Gasteiger charge is -2.34. The Kier molecular flexibility index (Phi) is 3.55. The molecule has 26 heavy (non-hydrogen) atoms. The van der Waals surface area contributed by atoms with Gasteiger partial charge in [-0.05, 0) is 79.8 Å². The lowest BCUT2D eigenvalue weighted by atomic mass is 9.72. The number of benzene rings is 1. The van der Waals surface area contributed by atoms with Gasteiger partial charge in [0.2, 0.25) is 5.91 Å². The van der Waals surface area contributed by atoms with E-state index in [1.807, 2.05) is 24.4 Å². The Morgan fingerprint density at radius 1 is 1.15 bits per heavy atom. The number of nitrogens with one attached hydrogen (secondary N) is 1. The normalized spacial score (nSPS) is 22.2. The average molecular weight is 346 g/mol. The van der Waals surface area contributed by atoms with E-state index in [0.29, 0.717) is 0 Å². The maximum Gasteiger partial charge on any atom is 0.227 e. The molecule has 5 rings (SSSR count). The molecule has 1 aromatic carbocycles. The minimum absolute atomic E-state index is 0.170. The number of aryl methyl sites for hydroxylation is 1. The molecular formula is C21H22N4O. The van der Waals surface area contributed by atoms with Gasteiger partial charge < -0.3 is 5.32 Å². The Morgan fingerprint density at radius 3 is 2.81 bits per heavy atom. The highest BCUT2D eigenvalue weighted by atomic mass is 16.1. The predicted molar refractivity (Wildman–Crippen MR) is 101 cm³/mol. The van der Waals surface area contributed by atoms with Crippen LogP contribution < -0.4 is 5.32 Å². The summed E-state index contributed by atoms with van der Waals surface area (Å²) in [6.45, 7) is 2.08. The van der Waals surface area contributed by atoms with E-state index < -0.39 is 0 Å². The van der Waals surface area contributed by atoms with Crippen LogP contribution in [-0.2, 0) is 4.79 Å². The minimum Gasteiger partial charge on any atom is -0.326 e. The largest absolute Gasteiger partial charge is 0.326 e. The van der Waals surface area contributed by atoms with E-state index in [2.05, 4.69) is 34.5 Å². The number of fused-ring (bicyclic) bond motifs is 1. The maximum absolute atomic E-state index is 12.5.